The summed E-state index contributed by atoms with van der Waals surface area (Å²) in [6.45, 7) is 3.41. The van der Waals surface area contributed by atoms with Crippen molar-refractivity contribution in [3.63, 3.8) is 0 Å². The number of hydrogen-bond acceptors (Lipinski definition) is 10. The van der Waals surface area contributed by atoms with Crippen LogP contribution in [0.2, 0.25) is 0 Å². The molecule has 0 radical (unpaired) electrons. The first-order chi connectivity index (χ1) is 29.8. The Morgan fingerprint density at radius 3 is 1.38 bits per heavy atom. The van der Waals surface area contributed by atoms with Crippen LogP contribution in [0.3, 0.4) is 0 Å². The minimum Gasteiger partial charge on any atom is -0.462 e. The molecule has 1 aliphatic rings. The summed E-state index contributed by atoms with van der Waals surface area (Å²) in [5, 5.41) is 40.2. The number of esters is 2. The molecule has 6 unspecified atom stereocenters. The molecule has 356 valence electrons. The van der Waals surface area contributed by atoms with Crippen LogP contribution < -0.4 is 0 Å². The maximum Gasteiger partial charge on any atom is 0.306 e. The van der Waals surface area contributed by atoms with Crippen molar-refractivity contribution in [2.75, 3.05) is 19.8 Å². The van der Waals surface area contributed by atoms with Crippen LogP contribution in [0.15, 0.2) is 36.5 Å². The summed E-state index contributed by atoms with van der Waals surface area (Å²) in [5.74, 6) is -0.816. The molecular formula is C51H92O10. The molecule has 61 heavy (non-hydrogen) atoms. The van der Waals surface area contributed by atoms with Gasteiger partial charge in [-0.25, -0.2) is 0 Å². The zero-order chi connectivity index (χ0) is 44.4. The second kappa shape index (κ2) is 41.9. The van der Waals surface area contributed by atoms with E-state index in [1.54, 1.807) is 0 Å². The van der Waals surface area contributed by atoms with Gasteiger partial charge in [-0.2, -0.15) is 0 Å². The van der Waals surface area contributed by atoms with E-state index in [2.05, 4.69) is 50.3 Å². The maximum atomic E-state index is 12.8. The summed E-state index contributed by atoms with van der Waals surface area (Å²) < 4.78 is 22.2. The molecule has 0 amide bonds. The molecular weight excluding hydrogens is 773 g/mol. The third-order valence-corrected chi connectivity index (χ3v) is 11.5. The number of hydrogen-bond donors (Lipinski definition) is 4. The zero-order valence-corrected chi connectivity index (χ0v) is 38.9. The minimum absolute atomic E-state index is 0.222. The SMILES string of the molecule is CCCCCCC/C=C\C/C=C\CCCCCCCCCCCC(=O)OC(COC(=O)CCCCCCC/C=C\CCCCCCCC)COC1OC(CO)C(O)C(O)C1O. The van der Waals surface area contributed by atoms with Gasteiger partial charge in [-0.15, -0.1) is 0 Å². The fourth-order valence-electron chi connectivity index (χ4n) is 7.51. The molecule has 0 aliphatic carbocycles. The Labute approximate surface area is 372 Å². The number of unbranched alkanes of at least 4 members (excludes halogenated alkanes) is 25. The molecule has 1 fully saturated rings. The van der Waals surface area contributed by atoms with Gasteiger partial charge >= 0.3 is 11.9 Å². The van der Waals surface area contributed by atoms with E-state index in [9.17, 15) is 30.0 Å². The predicted octanol–water partition coefficient (Wildman–Crippen LogP) is 11.4. The highest BCUT2D eigenvalue weighted by Crippen LogP contribution is 2.23. The fraction of sp³-hybridized carbons (Fsp3) is 0.843. The summed E-state index contributed by atoms with van der Waals surface area (Å²) in [7, 11) is 0. The zero-order valence-electron chi connectivity index (χ0n) is 38.9. The third kappa shape index (κ3) is 33.1. The van der Waals surface area contributed by atoms with Gasteiger partial charge in [-0.3, -0.25) is 9.59 Å². The minimum atomic E-state index is -1.60. The number of rotatable bonds is 42. The molecule has 1 rings (SSSR count). The Morgan fingerprint density at radius 2 is 0.918 bits per heavy atom. The van der Waals surface area contributed by atoms with Gasteiger partial charge in [0.1, 0.15) is 31.0 Å². The molecule has 0 aromatic carbocycles. The Kier molecular flexibility index (Phi) is 39.1. The summed E-state index contributed by atoms with van der Waals surface area (Å²) in [4.78, 5) is 25.4. The molecule has 0 aromatic rings. The normalized spacial score (nSPS) is 20.0. The lowest BCUT2D eigenvalue weighted by Crippen LogP contribution is -2.59. The van der Waals surface area contributed by atoms with Crippen LogP contribution in [0.4, 0.5) is 0 Å². The lowest BCUT2D eigenvalue weighted by atomic mass is 9.99. The number of allylic oxidation sites excluding steroid dienone is 6. The Balaban J connectivity index is 2.28. The highest BCUT2D eigenvalue weighted by molar-refractivity contribution is 5.70. The van der Waals surface area contributed by atoms with Crippen LogP contribution in [-0.4, -0.2) is 89.0 Å². The van der Waals surface area contributed by atoms with E-state index in [1.807, 2.05) is 0 Å². The lowest BCUT2D eigenvalue weighted by molar-refractivity contribution is -0.305. The van der Waals surface area contributed by atoms with Crippen LogP contribution in [0.25, 0.3) is 0 Å². The molecule has 1 heterocycles. The third-order valence-electron chi connectivity index (χ3n) is 11.5. The molecule has 4 N–H and O–H groups in total. The van der Waals surface area contributed by atoms with Crippen molar-refractivity contribution < 1.29 is 49.0 Å². The predicted molar refractivity (Wildman–Crippen MR) is 247 cm³/mol. The fourth-order valence-corrected chi connectivity index (χ4v) is 7.51. The van der Waals surface area contributed by atoms with Crippen molar-refractivity contribution in [1.82, 2.24) is 0 Å². The molecule has 10 nitrogen and oxygen atoms in total. The quantitative estimate of drug-likeness (QED) is 0.0265. The van der Waals surface area contributed by atoms with Crippen molar-refractivity contribution >= 4 is 11.9 Å². The molecule has 0 spiro atoms. The van der Waals surface area contributed by atoms with E-state index in [0.717, 1.165) is 64.2 Å². The van der Waals surface area contributed by atoms with Gasteiger partial charge in [-0.05, 0) is 70.6 Å². The molecule has 1 saturated heterocycles. The van der Waals surface area contributed by atoms with Crippen molar-refractivity contribution in [2.45, 2.75) is 256 Å². The summed E-state index contributed by atoms with van der Waals surface area (Å²) in [5.41, 5.74) is 0. The molecule has 10 heteroatoms. The van der Waals surface area contributed by atoms with Crippen molar-refractivity contribution in [3.05, 3.63) is 36.5 Å². The van der Waals surface area contributed by atoms with E-state index >= 15 is 0 Å². The summed E-state index contributed by atoms with van der Waals surface area (Å²) in [6, 6.07) is 0. The van der Waals surface area contributed by atoms with Gasteiger partial charge < -0.3 is 39.4 Å². The second-order valence-electron chi connectivity index (χ2n) is 17.3. The lowest BCUT2D eigenvalue weighted by Gasteiger charge is -2.39. The number of aliphatic hydroxyl groups is 4. The van der Waals surface area contributed by atoms with Crippen LogP contribution in [0.1, 0.15) is 219 Å². The van der Waals surface area contributed by atoms with Crippen LogP contribution in [-0.2, 0) is 28.5 Å². The smallest absolute Gasteiger partial charge is 0.306 e. The van der Waals surface area contributed by atoms with E-state index in [-0.39, 0.29) is 32.0 Å². The molecule has 0 aromatic heterocycles. The van der Waals surface area contributed by atoms with E-state index in [0.29, 0.717) is 12.8 Å². The highest BCUT2D eigenvalue weighted by Gasteiger charge is 2.44. The van der Waals surface area contributed by atoms with E-state index in [1.165, 1.54) is 116 Å². The second-order valence-corrected chi connectivity index (χ2v) is 17.3. The average Bonchev–Trinajstić information content (AvgIpc) is 3.26. The van der Waals surface area contributed by atoms with Crippen molar-refractivity contribution in [2.24, 2.45) is 0 Å². The van der Waals surface area contributed by atoms with Crippen molar-refractivity contribution in [3.8, 4) is 0 Å². The van der Waals surface area contributed by atoms with Crippen LogP contribution >= 0.6 is 0 Å². The molecule has 6 atom stereocenters. The van der Waals surface area contributed by atoms with Gasteiger partial charge in [0.15, 0.2) is 12.4 Å². The Hall–Kier alpha value is -2.08. The number of carbonyl (C=O) groups is 2. The first-order valence-electron chi connectivity index (χ1n) is 25.1. The van der Waals surface area contributed by atoms with E-state index < -0.39 is 49.4 Å². The van der Waals surface area contributed by atoms with Gasteiger partial charge in [0, 0.05) is 12.8 Å². The van der Waals surface area contributed by atoms with Gasteiger partial charge in [0.2, 0.25) is 0 Å². The summed E-state index contributed by atoms with van der Waals surface area (Å²) in [6.07, 6.45) is 41.5. The van der Waals surface area contributed by atoms with Gasteiger partial charge in [0.05, 0.1) is 13.2 Å². The van der Waals surface area contributed by atoms with Crippen molar-refractivity contribution in [1.29, 1.82) is 0 Å². The molecule has 1 aliphatic heterocycles. The molecule has 0 saturated carbocycles. The number of aliphatic hydroxyl groups excluding tert-OH is 4. The number of ether oxygens (including phenoxy) is 4. The first kappa shape index (κ1) is 56.9. The monoisotopic (exact) mass is 865 g/mol. The number of carbonyl (C=O) groups excluding carboxylic acids is 2. The van der Waals surface area contributed by atoms with Crippen LogP contribution in [0, 0.1) is 0 Å². The first-order valence-corrected chi connectivity index (χ1v) is 25.1. The highest BCUT2D eigenvalue weighted by atomic mass is 16.7. The topological polar surface area (TPSA) is 152 Å². The standard InChI is InChI=1S/C51H92O10/c1-3-5-7-9-11-13-15-17-19-20-21-22-23-24-26-28-30-32-34-36-38-40-47(54)60-44(43-59-51-50(57)49(56)48(55)45(41-52)61-51)42-58-46(53)39-37-35-33-31-29-27-25-18-16-14-12-10-8-6-4-2/h15,17-18,20-21,25,44-45,48-52,55-57H,3-14,16,19,22-24,26-43H2,1-2H3/b17-15-,21-20-,25-18-. The van der Waals surface area contributed by atoms with Crippen LogP contribution in [0.5, 0.6) is 0 Å². The Morgan fingerprint density at radius 1 is 0.508 bits per heavy atom. The summed E-state index contributed by atoms with van der Waals surface area (Å²) >= 11 is 0. The Bertz CT molecular complexity index is 1090. The average molecular weight is 865 g/mol. The maximum absolute atomic E-state index is 12.8. The largest absolute Gasteiger partial charge is 0.462 e. The molecule has 0 bridgehead atoms. The van der Waals surface area contributed by atoms with Gasteiger partial charge in [0.25, 0.3) is 0 Å². The van der Waals surface area contributed by atoms with E-state index in [4.69, 9.17) is 18.9 Å². The van der Waals surface area contributed by atoms with Gasteiger partial charge in [-0.1, -0.05) is 172 Å².